The van der Waals surface area contributed by atoms with Gasteiger partial charge in [0.05, 0.1) is 30.9 Å². The van der Waals surface area contributed by atoms with Crippen LogP contribution in [0.3, 0.4) is 0 Å². The monoisotopic (exact) mass is 414 g/mol. The predicted octanol–water partition coefficient (Wildman–Crippen LogP) is 2.34. The topological polar surface area (TPSA) is 101 Å². The molecule has 158 valence electrons. The molecule has 0 bridgehead atoms. The molecule has 0 amide bonds. The molecule has 2 aromatic carbocycles. The molecule has 2 aromatic rings. The third-order valence-electron chi connectivity index (χ3n) is 4.98. The van der Waals surface area contributed by atoms with Gasteiger partial charge in [0.15, 0.2) is 12.2 Å². The van der Waals surface area contributed by atoms with E-state index in [-0.39, 0.29) is 19.0 Å². The van der Waals surface area contributed by atoms with E-state index in [4.69, 9.17) is 23.7 Å². The number of rotatable bonds is 6. The molecule has 4 rings (SSSR count). The lowest BCUT2D eigenvalue weighted by Crippen LogP contribution is -2.36. The summed E-state index contributed by atoms with van der Waals surface area (Å²) >= 11 is 0. The van der Waals surface area contributed by atoms with E-state index in [9.17, 15) is 14.7 Å². The summed E-state index contributed by atoms with van der Waals surface area (Å²) in [6, 6.07) is 12.5. The van der Waals surface area contributed by atoms with Gasteiger partial charge in [-0.15, -0.1) is 0 Å². The highest BCUT2D eigenvalue weighted by Gasteiger charge is 2.51. The molecule has 0 radical (unpaired) electrons. The first kappa shape index (κ1) is 20.2. The molecule has 1 N–H and O–H groups in total. The number of hydrogen-bond donors (Lipinski definition) is 1. The van der Waals surface area contributed by atoms with E-state index >= 15 is 0 Å². The van der Waals surface area contributed by atoms with Crippen LogP contribution in [0.2, 0.25) is 0 Å². The van der Waals surface area contributed by atoms with Gasteiger partial charge in [-0.1, -0.05) is 0 Å². The molecule has 0 unspecified atom stereocenters. The van der Waals surface area contributed by atoms with Crippen LogP contribution in [0.5, 0.6) is 11.5 Å². The Kier molecular flexibility index (Phi) is 5.87. The standard InChI is InChI=1S/C22H22O8/c1-2-26-16-9-5-14(6-10-16)22(25)30-18-12-28-19-17(11-27-20(18)19)29-21(24)13-3-7-15(23)8-4-13/h3-10,17-20,23H,2,11-12H2,1H3/t17-,18-,19-,20-/m0/s1. The van der Waals surface area contributed by atoms with Gasteiger partial charge < -0.3 is 28.8 Å². The molecular formula is C22H22O8. The molecule has 0 aliphatic carbocycles. The molecule has 0 saturated carbocycles. The number of carbonyl (C=O) groups is 2. The van der Waals surface area contributed by atoms with Gasteiger partial charge in [-0.2, -0.15) is 0 Å². The highest BCUT2D eigenvalue weighted by atomic mass is 16.7. The molecule has 2 aliphatic rings. The van der Waals surface area contributed by atoms with E-state index < -0.39 is 36.4 Å². The molecule has 2 saturated heterocycles. The summed E-state index contributed by atoms with van der Waals surface area (Å²) in [6.45, 7) is 2.74. The Morgan fingerprint density at radius 1 is 0.867 bits per heavy atom. The van der Waals surface area contributed by atoms with Crippen LogP contribution in [0.15, 0.2) is 48.5 Å². The Morgan fingerprint density at radius 3 is 1.80 bits per heavy atom. The molecule has 2 fully saturated rings. The van der Waals surface area contributed by atoms with E-state index in [2.05, 4.69) is 0 Å². The van der Waals surface area contributed by atoms with Gasteiger partial charge >= 0.3 is 11.9 Å². The summed E-state index contributed by atoms with van der Waals surface area (Å²) in [4.78, 5) is 24.8. The molecule has 8 heteroatoms. The maximum absolute atomic E-state index is 12.5. The molecule has 30 heavy (non-hydrogen) atoms. The Morgan fingerprint density at radius 2 is 1.33 bits per heavy atom. The molecule has 2 heterocycles. The summed E-state index contributed by atoms with van der Waals surface area (Å²) in [5, 5.41) is 9.33. The van der Waals surface area contributed by atoms with Gasteiger partial charge in [0.1, 0.15) is 23.7 Å². The fourth-order valence-corrected chi connectivity index (χ4v) is 3.49. The molecule has 2 aliphatic heterocycles. The van der Waals surface area contributed by atoms with E-state index in [1.54, 1.807) is 24.3 Å². The smallest absolute Gasteiger partial charge is 0.338 e. The van der Waals surface area contributed by atoms with E-state index in [0.717, 1.165) is 0 Å². The summed E-state index contributed by atoms with van der Waals surface area (Å²) in [5.41, 5.74) is 0.711. The number of carbonyl (C=O) groups excluding carboxylic acids is 2. The maximum Gasteiger partial charge on any atom is 0.338 e. The zero-order valence-electron chi connectivity index (χ0n) is 16.4. The van der Waals surface area contributed by atoms with Crippen LogP contribution < -0.4 is 4.74 Å². The minimum atomic E-state index is -0.606. The van der Waals surface area contributed by atoms with Crippen molar-refractivity contribution in [1.82, 2.24) is 0 Å². The third-order valence-corrected chi connectivity index (χ3v) is 4.98. The van der Waals surface area contributed by atoms with E-state index in [1.165, 1.54) is 24.3 Å². The number of phenolic OH excluding ortho intramolecular Hbond substituents is 1. The van der Waals surface area contributed by atoms with Crippen LogP contribution >= 0.6 is 0 Å². The first-order valence-corrected chi connectivity index (χ1v) is 9.72. The number of esters is 2. The van der Waals surface area contributed by atoms with Crippen LogP contribution in [-0.4, -0.2) is 61.3 Å². The van der Waals surface area contributed by atoms with Gasteiger partial charge in [0.25, 0.3) is 0 Å². The second-order valence-corrected chi connectivity index (χ2v) is 6.99. The first-order valence-electron chi connectivity index (χ1n) is 9.72. The van der Waals surface area contributed by atoms with Crippen molar-refractivity contribution in [2.45, 2.75) is 31.3 Å². The first-order chi connectivity index (χ1) is 14.5. The minimum Gasteiger partial charge on any atom is -0.508 e. The maximum atomic E-state index is 12.5. The van der Waals surface area contributed by atoms with Crippen molar-refractivity contribution in [2.24, 2.45) is 0 Å². The number of hydrogen-bond acceptors (Lipinski definition) is 8. The molecular weight excluding hydrogens is 392 g/mol. The van der Waals surface area contributed by atoms with Crippen molar-refractivity contribution in [3.8, 4) is 11.5 Å². The number of ether oxygens (including phenoxy) is 5. The number of aromatic hydroxyl groups is 1. The van der Waals surface area contributed by atoms with Gasteiger partial charge in [-0.25, -0.2) is 9.59 Å². The van der Waals surface area contributed by atoms with Crippen molar-refractivity contribution in [2.75, 3.05) is 19.8 Å². The van der Waals surface area contributed by atoms with Crippen LogP contribution in [0, 0.1) is 0 Å². The molecule has 8 nitrogen and oxygen atoms in total. The Bertz CT molecular complexity index is 892. The second-order valence-electron chi connectivity index (χ2n) is 6.99. The second kappa shape index (κ2) is 8.73. The SMILES string of the molecule is CCOc1ccc(C(=O)O[C@H]2CO[C@@H]3[C@H]2OC[C@@H]3OC(=O)c2ccc(O)cc2)cc1. The third kappa shape index (κ3) is 4.24. The normalized spacial score (nSPS) is 24.8. The summed E-state index contributed by atoms with van der Waals surface area (Å²) in [6.07, 6.45) is -2.21. The van der Waals surface area contributed by atoms with Crippen LogP contribution in [0.25, 0.3) is 0 Å². The minimum absolute atomic E-state index is 0.0622. The van der Waals surface area contributed by atoms with Crippen LogP contribution in [0.4, 0.5) is 0 Å². The summed E-state index contributed by atoms with van der Waals surface area (Å²) in [7, 11) is 0. The average Bonchev–Trinajstić information content (AvgIpc) is 3.33. The van der Waals surface area contributed by atoms with Gasteiger partial charge in [0, 0.05) is 0 Å². The van der Waals surface area contributed by atoms with Crippen molar-refractivity contribution >= 4 is 11.9 Å². The Balaban J connectivity index is 1.34. The fourth-order valence-electron chi connectivity index (χ4n) is 3.49. The Hall–Kier alpha value is -3.10. The lowest BCUT2D eigenvalue weighted by molar-refractivity contribution is -0.0287. The Labute approximate surface area is 173 Å². The van der Waals surface area contributed by atoms with Crippen LogP contribution in [0.1, 0.15) is 27.6 Å². The molecule has 0 spiro atoms. The molecule has 4 atom stereocenters. The zero-order valence-corrected chi connectivity index (χ0v) is 16.4. The number of benzene rings is 2. The van der Waals surface area contributed by atoms with Crippen molar-refractivity contribution in [1.29, 1.82) is 0 Å². The number of phenols is 1. The lowest BCUT2D eigenvalue weighted by Gasteiger charge is -2.17. The van der Waals surface area contributed by atoms with Gasteiger partial charge in [-0.05, 0) is 55.5 Å². The quantitative estimate of drug-likeness (QED) is 0.719. The van der Waals surface area contributed by atoms with E-state index in [1.807, 2.05) is 6.92 Å². The van der Waals surface area contributed by atoms with Gasteiger partial charge in [-0.3, -0.25) is 0 Å². The highest BCUT2D eigenvalue weighted by molar-refractivity contribution is 5.90. The largest absolute Gasteiger partial charge is 0.508 e. The lowest BCUT2D eigenvalue weighted by atomic mass is 10.1. The van der Waals surface area contributed by atoms with Crippen molar-refractivity contribution in [3.63, 3.8) is 0 Å². The van der Waals surface area contributed by atoms with Crippen LogP contribution in [-0.2, 0) is 18.9 Å². The molecule has 0 aromatic heterocycles. The zero-order chi connectivity index (χ0) is 21.1. The van der Waals surface area contributed by atoms with Crippen molar-refractivity contribution in [3.05, 3.63) is 59.7 Å². The predicted molar refractivity (Wildman–Crippen MR) is 104 cm³/mol. The summed E-state index contributed by atoms with van der Waals surface area (Å²) < 4.78 is 27.8. The van der Waals surface area contributed by atoms with Crippen molar-refractivity contribution < 1.29 is 38.4 Å². The number of fused-ring (bicyclic) bond motifs is 1. The average molecular weight is 414 g/mol. The fraction of sp³-hybridized carbons (Fsp3) is 0.364. The highest BCUT2D eigenvalue weighted by Crippen LogP contribution is 2.31. The van der Waals surface area contributed by atoms with Gasteiger partial charge in [0.2, 0.25) is 0 Å². The van der Waals surface area contributed by atoms with E-state index in [0.29, 0.717) is 23.5 Å². The summed E-state index contributed by atoms with van der Waals surface area (Å²) in [5.74, 6) is -0.286.